The van der Waals surface area contributed by atoms with Crippen LogP contribution in [0.3, 0.4) is 0 Å². The molecule has 0 aliphatic rings. The number of halogens is 1. The van der Waals surface area contributed by atoms with Gasteiger partial charge in [-0.3, -0.25) is 4.79 Å². The Kier molecular flexibility index (Phi) is 7.96. The van der Waals surface area contributed by atoms with E-state index in [-0.39, 0.29) is 5.91 Å². The van der Waals surface area contributed by atoms with E-state index in [9.17, 15) is 4.79 Å². The van der Waals surface area contributed by atoms with Gasteiger partial charge in [-0.1, -0.05) is 31.0 Å². The predicted octanol–water partition coefficient (Wildman–Crippen LogP) is 4.44. The van der Waals surface area contributed by atoms with E-state index in [1.54, 1.807) is 37.4 Å². The van der Waals surface area contributed by atoms with Crippen LogP contribution in [0.15, 0.2) is 53.6 Å². The third kappa shape index (κ3) is 6.76. The first-order valence-corrected chi connectivity index (χ1v) is 8.94. The lowest BCUT2D eigenvalue weighted by Gasteiger charge is -2.12. The highest BCUT2D eigenvalue weighted by atomic mass is 35.5. The minimum atomic E-state index is -0.694. The number of hydrogen-bond acceptors (Lipinski definition) is 4. The molecule has 0 radical (unpaired) electrons. The van der Waals surface area contributed by atoms with E-state index < -0.39 is 6.10 Å². The van der Waals surface area contributed by atoms with Crippen LogP contribution in [-0.2, 0) is 4.79 Å². The summed E-state index contributed by atoms with van der Waals surface area (Å²) in [6.07, 6.45) is 3.01. The molecular formula is C20H23ClN2O3. The van der Waals surface area contributed by atoms with Crippen molar-refractivity contribution in [2.75, 3.05) is 6.61 Å². The van der Waals surface area contributed by atoms with Crippen LogP contribution in [0.1, 0.15) is 32.3 Å². The number of hydrogen-bond donors (Lipinski definition) is 1. The SMILES string of the molecule is CCCCOc1ccc(C=NNC(=O)C(C)Oc2cccc(Cl)c2)cc1. The van der Waals surface area contributed by atoms with Gasteiger partial charge in [0.05, 0.1) is 12.8 Å². The Labute approximate surface area is 159 Å². The first-order valence-electron chi connectivity index (χ1n) is 8.56. The van der Waals surface area contributed by atoms with Gasteiger partial charge in [-0.2, -0.15) is 5.10 Å². The zero-order valence-corrected chi connectivity index (χ0v) is 15.7. The Morgan fingerprint density at radius 2 is 2.00 bits per heavy atom. The lowest BCUT2D eigenvalue weighted by molar-refractivity contribution is -0.127. The summed E-state index contributed by atoms with van der Waals surface area (Å²) >= 11 is 5.89. The van der Waals surface area contributed by atoms with Gasteiger partial charge in [0.2, 0.25) is 0 Å². The Bertz CT molecular complexity index is 732. The molecule has 0 aromatic heterocycles. The molecule has 26 heavy (non-hydrogen) atoms. The molecule has 5 nitrogen and oxygen atoms in total. The van der Waals surface area contributed by atoms with Gasteiger partial charge in [0.15, 0.2) is 6.10 Å². The van der Waals surface area contributed by atoms with E-state index in [0.717, 1.165) is 24.2 Å². The Hall–Kier alpha value is -2.53. The van der Waals surface area contributed by atoms with Gasteiger partial charge in [0.1, 0.15) is 11.5 Å². The monoisotopic (exact) mass is 374 g/mol. The maximum Gasteiger partial charge on any atom is 0.280 e. The van der Waals surface area contributed by atoms with E-state index in [2.05, 4.69) is 17.5 Å². The fraction of sp³-hybridized carbons (Fsp3) is 0.300. The smallest absolute Gasteiger partial charge is 0.280 e. The van der Waals surface area contributed by atoms with Crippen LogP contribution in [0.25, 0.3) is 0 Å². The number of hydrazone groups is 1. The van der Waals surface area contributed by atoms with Crippen molar-refractivity contribution >= 4 is 23.7 Å². The fourth-order valence-electron chi connectivity index (χ4n) is 2.04. The van der Waals surface area contributed by atoms with Crippen LogP contribution in [0, 0.1) is 0 Å². The second kappa shape index (κ2) is 10.5. The van der Waals surface area contributed by atoms with Crippen molar-refractivity contribution in [1.82, 2.24) is 5.43 Å². The summed E-state index contributed by atoms with van der Waals surface area (Å²) in [7, 11) is 0. The highest BCUT2D eigenvalue weighted by molar-refractivity contribution is 6.30. The second-order valence-corrected chi connectivity index (χ2v) is 6.16. The topological polar surface area (TPSA) is 59.9 Å². The minimum absolute atomic E-state index is 0.347. The van der Waals surface area contributed by atoms with Crippen molar-refractivity contribution in [3.8, 4) is 11.5 Å². The molecule has 1 amide bonds. The van der Waals surface area contributed by atoms with Crippen molar-refractivity contribution in [2.45, 2.75) is 32.8 Å². The van der Waals surface area contributed by atoms with Crippen molar-refractivity contribution in [3.05, 3.63) is 59.1 Å². The summed E-state index contributed by atoms with van der Waals surface area (Å²) < 4.78 is 11.1. The molecule has 0 saturated heterocycles. The first-order chi connectivity index (χ1) is 12.6. The van der Waals surface area contributed by atoms with Gasteiger partial charge in [-0.25, -0.2) is 5.43 Å². The predicted molar refractivity (Wildman–Crippen MR) is 104 cm³/mol. The number of rotatable bonds is 9. The Morgan fingerprint density at radius 3 is 2.69 bits per heavy atom. The van der Waals surface area contributed by atoms with E-state index >= 15 is 0 Å². The number of carbonyl (C=O) groups excluding carboxylic acids is 1. The molecule has 2 aromatic rings. The van der Waals surface area contributed by atoms with Crippen LogP contribution < -0.4 is 14.9 Å². The van der Waals surface area contributed by atoms with Crippen LogP contribution in [0.5, 0.6) is 11.5 Å². The zero-order valence-electron chi connectivity index (χ0n) is 14.9. The molecule has 0 saturated carbocycles. The summed E-state index contributed by atoms with van der Waals surface area (Å²) in [6.45, 7) is 4.48. The maximum absolute atomic E-state index is 12.0. The molecule has 138 valence electrons. The molecule has 1 atom stereocenters. The molecular weight excluding hydrogens is 352 g/mol. The van der Waals surface area contributed by atoms with Crippen LogP contribution in [-0.4, -0.2) is 24.8 Å². The van der Waals surface area contributed by atoms with Crippen LogP contribution >= 0.6 is 11.6 Å². The Balaban J connectivity index is 1.80. The molecule has 1 unspecified atom stereocenters. The second-order valence-electron chi connectivity index (χ2n) is 5.72. The number of nitrogens with zero attached hydrogens (tertiary/aromatic N) is 1. The van der Waals surface area contributed by atoms with E-state index in [1.165, 1.54) is 0 Å². The molecule has 0 heterocycles. The minimum Gasteiger partial charge on any atom is -0.494 e. The van der Waals surface area contributed by atoms with Crippen LogP contribution in [0.4, 0.5) is 0 Å². The molecule has 0 spiro atoms. The summed E-state index contributed by atoms with van der Waals surface area (Å²) in [4.78, 5) is 12.0. The van der Waals surface area contributed by atoms with Gasteiger partial charge in [-0.05, 0) is 61.4 Å². The molecule has 0 fully saturated rings. The van der Waals surface area contributed by atoms with E-state index in [1.807, 2.05) is 24.3 Å². The van der Waals surface area contributed by atoms with Crippen molar-refractivity contribution < 1.29 is 14.3 Å². The third-order valence-electron chi connectivity index (χ3n) is 3.51. The molecule has 1 N–H and O–H groups in total. The standard InChI is InChI=1S/C20H23ClN2O3/c1-3-4-12-25-18-10-8-16(9-11-18)14-22-23-20(24)15(2)26-19-7-5-6-17(21)13-19/h5-11,13-15H,3-4,12H2,1-2H3,(H,23,24). The number of benzene rings is 2. The number of ether oxygens (including phenoxy) is 2. The molecule has 2 rings (SSSR count). The highest BCUT2D eigenvalue weighted by Crippen LogP contribution is 2.18. The first kappa shape index (κ1) is 19.8. The largest absolute Gasteiger partial charge is 0.494 e. The van der Waals surface area contributed by atoms with Gasteiger partial charge >= 0.3 is 0 Å². The van der Waals surface area contributed by atoms with Gasteiger partial charge in [-0.15, -0.1) is 0 Å². The number of carbonyl (C=O) groups is 1. The van der Waals surface area contributed by atoms with E-state index in [4.69, 9.17) is 21.1 Å². The average molecular weight is 375 g/mol. The fourth-order valence-corrected chi connectivity index (χ4v) is 2.22. The average Bonchev–Trinajstić information content (AvgIpc) is 2.63. The Morgan fingerprint density at radius 1 is 1.23 bits per heavy atom. The summed E-state index contributed by atoms with van der Waals surface area (Å²) in [5.41, 5.74) is 3.32. The molecule has 6 heteroatoms. The highest BCUT2D eigenvalue weighted by Gasteiger charge is 2.13. The normalized spacial score (nSPS) is 12.0. The maximum atomic E-state index is 12.0. The van der Waals surface area contributed by atoms with Crippen LogP contribution in [0.2, 0.25) is 5.02 Å². The molecule has 0 bridgehead atoms. The quantitative estimate of drug-likeness (QED) is 0.401. The van der Waals surface area contributed by atoms with Crippen molar-refractivity contribution in [2.24, 2.45) is 5.10 Å². The molecule has 2 aromatic carbocycles. The summed E-state index contributed by atoms with van der Waals surface area (Å²) in [5.74, 6) is 1.01. The van der Waals surface area contributed by atoms with E-state index in [0.29, 0.717) is 17.4 Å². The number of unbranched alkanes of at least 4 members (excludes halogenated alkanes) is 1. The molecule has 0 aliphatic heterocycles. The van der Waals surface area contributed by atoms with Gasteiger partial charge in [0.25, 0.3) is 5.91 Å². The summed E-state index contributed by atoms with van der Waals surface area (Å²) in [5, 5.41) is 4.51. The summed E-state index contributed by atoms with van der Waals surface area (Å²) in [6, 6.07) is 14.4. The number of amides is 1. The van der Waals surface area contributed by atoms with Gasteiger partial charge < -0.3 is 9.47 Å². The third-order valence-corrected chi connectivity index (χ3v) is 3.75. The number of nitrogens with one attached hydrogen (secondary N) is 1. The van der Waals surface area contributed by atoms with Crippen molar-refractivity contribution in [1.29, 1.82) is 0 Å². The zero-order chi connectivity index (χ0) is 18.8. The van der Waals surface area contributed by atoms with Crippen molar-refractivity contribution in [3.63, 3.8) is 0 Å². The lowest BCUT2D eigenvalue weighted by atomic mass is 10.2. The molecule has 0 aliphatic carbocycles. The van der Waals surface area contributed by atoms with Gasteiger partial charge in [0, 0.05) is 5.02 Å². The lowest BCUT2D eigenvalue weighted by Crippen LogP contribution is -2.33.